The molecule has 2 heterocycles. The molecule has 21 heavy (non-hydrogen) atoms. The van der Waals surface area contributed by atoms with Crippen LogP contribution in [0.25, 0.3) is 0 Å². The Bertz CT molecular complexity index is 512. The maximum absolute atomic E-state index is 10.7. The molecule has 1 aromatic carbocycles. The second kappa shape index (κ2) is 6.32. The third-order valence-electron chi connectivity index (χ3n) is 3.84. The minimum absolute atomic E-state index is 0.137. The number of hydrogen-bond donors (Lipinski definition) is 1. The van der Waals surface area contributed by atoms with Crippen molar-refractivity contribution in [2.45, 2.75) is 6.54 Å². The number of piperazine rings is 1. The van der Waals surface area contributed by atoms with E-state index in [0.29, 0.717) is 13.2 Å². The van der Waals surface area contributed by atoms with Crippen molar-refractivity contribution in [3.8, 4) is 11.5 Å². The Balaban J connectivity index is 1.54. The standard InChI is InChI=1S/C15H20N2O4/c18-15(19)11-17-5-3-16(4-6-17)10-12-1-2-13-14(9-12)21-8-7-20-13/h1-2,9H,3-8,10-11H2,(H,18,19). The molecule has 0 spiro atoms. The molecule has 0 aromatic heterocycles. The minimum Gasteiger partial charge on any atom is -0.486 e. The van der Waals surface area contributed by atoms with Crippen molar-refractivity contribution >= 4 is 5.97 Å². The third kappa shape index (κ3) is 3.65. The van der Waals surface area contributed by atoms with E-state index in [1.807, 2.05) is 17.0 Å². The Morgan fingerprint density at radius 1 is 1.05 bits per heavy atom. The molecule has 0 saturated carbocycles. The maximum atomic E-state index is 10.7. The molecule has 114 valence electrons. The fraction of sp³-hybridized carbons (Fsp3) is 0.533. The molecule has 0 bridgehead atoms. The first-order valence-electron chi connectivity index (χ1n) is 7.26. The quantitative estimate of drug-likeness (QED) is 0.879. The van der Waals surface area contributed by atoms with Gasteiger partial charge in [0, 0.05) is 32.7 Å². The van der Waals surface area contributed by atoms with Crippen molar-refractivity contribution < 1.29 is 19.4 Å². The van der Waals surface area contributed by atoms with Crippen LogP contribution in [-0.2, 0) is 11.3 Å². The Labute approximate surface area is 123 Å². The van der Waals surface area contributed by atoms with E-state index in [4.69, 9.17) is 14.6 Å². The first-order chi connectivity index (χ1) is 10.2. The molecule has 6 heteroatoms. The summed E-state index contributed by atoms with van der Waals surface area (Å²) >= 11 is 0. The molecule has 2 aliphatic rings. The SMILES string of the molecule is O=C(O)CN1CCN(Cc2ccc3c(c2)OCCO3)CC1. The first-order valence-corrected chi connectivity index (χ1v) is 7.26. The summed E-state index contributed by atoms with van der Waals surface area (Å²) in [5.41, 5.74) is 1.20. The highest BCUT2D eigenvalue weighted by Gasteiger charge is 2.19. The Morgan fingerprint density at radius 3 is 2.43 bits per heavy atom. The molecule has 0 aliphatic carbocycles. The lowest BCUT2D eigenvalue weighted by Gasteiger charge is -2.33. The van der Waals surface area contributed by atoms with Crippen molar-refractivity contribution in [3.63, 3.8) is 0 Å². The number of carbonyl (C=O) groups is 1. The normalized spacial score (nSPS) is 19.4. The highest BCUT2D eigenvalue weighted by Crippen LogP contribution is 2.31. The van der Waals surface area contributed by atoms with E-state index in [2.05, 4.69) is 11.0 Å². The molecule has 6 nitrogen and oxygen atoms in total. The van der Waals surface area contributed by atoms with Gasteiger partial charge < -0.3 is 14.6 Å². The molecule has 0 radical (unpaired) electrons. The summed E-state index contributed by atoms with van der Waals surface area (Å²) in [5, 5.41) is 8.80. The van der Waals surface area contributed by atoms with Crippen molar-refractivity contribution in [1.29, 1.82) is 0 Å². The molecule has 1 saturated heterocycles. The molecule has 1 fully saturated rings. The van der Waals surface area contributed by atoms with Crippen LogP contribution in [0.15, 0.2) is 18.2 Å². The lowest BCUT2D eigenvalue weighted by molar-refractivity contribution is -0.138. The van der Waals surface area contributed by atoms with Crippen LogP contribution >= 0.6 is 0 Å². The molecule has 0 amide bonds. The number of carboxylic acid groups (broad SMARTS) is 1. The van der Waals surface area contributed by atoms with Crippen LogP contribution in [0.3, 0.4) is 0 Å². The topological polar surface area (TPSA) is 62.2 Å². The number of carboxylic acids is 1. The fourth-order valence-corrected chi connectivity index (χ4v) is 2.74. The second-order valence-corrected chi connectivity index (χ2v) is 5.42. The van der Waals surface area contributed by atoms with Gasteiger partial charge in [-0.25, -0.2) is 0 Å². The smallest absolute Gasteiger partial charge is 0.317 e. The molecule has 0 atom stereocenters. The van der Waals surface area contributed by atoms with Gasteiger partial charge in [0.25, 0.3) is 0 Å². The highest BCUT2D eigenvalue weighted by molar-refractivity contribution is 5.69. The molecule has 3 rings (SSSR count). The predicted molar refractivity (Wildman–Crippen MR) is 76.8 cm³/mol. The van der Waals surface area contributed by atoms with Crippen molar-refractivity contribution in [3.05, 3.63) is 23.8 Å². The summed E-state index contributed by atoms with van der Waals surface area (Å²) in [7, 11) is 0. The average Bonchev–Trinajstić information content (AvgIpc) is 2.49. The van der Waals surface area contributed by atoms with E-state index < -0.39 is 5.97 Å². The summed E-state index contributed by atoms with van der Waals surface area (Å²) in [6.07, 6.45) is 0. The summed E-state index contributed by atoms with van der Waals surface area (Å²) in [5.74, 6) is 0.884. The van der Waals surface area contributed by atoms with Crippen LogP contribution in [0.1, 0.15) is 5.56 Å². The lowest BCUT2D eigenvalue weighted by atomic mass is 10.1. The Morgan fingerprint density at radius 2 is 1.71 bits per heavy atom. The van der Waals surface area contributed by atoms with Gasteiger partial charge in [-0.2, -0.15) is 0 Å². The van der Waals surface area contributed by atoms with E-state index >= 15 is 0 Å². The number of aliphatic carboxylic acids is 1. The second-order valence-electron chi connectivity index (χ2n) is 5.42. The summed E-state index contributed by atoms with van der Waals surface area (Å²) in [6.45, 7) is 5.59. The minimum atomic E-state index is -0.754. The number of fused-ring (bicyclic) bond motifs is 1. The van der Waals surface area contributed by atoms with Gasteiger partial charge in [0.15, 0.2) is 11.5 Å². The van der Waals surface area contributed by atoms with E-state index in [0.717, 1.165) is 44.2 Å². The summed E-state index contributed by atoms with van der Waals surface area (Å²) in [6, 6.07) is 6.07. The summed E-state index contributed by atoms with van der Waals surface area (Å²) < 4.78 is 11.1. The van der Waals surface area contributed by atoms with E-state index in [1.54, 1.807) is 0 Å². The highest BCUT2D eigenvalue weighted by atomic mass is 16.6. The zero-order valence-corrected chi connectivity index (χ0v) is 12.0. The molecule has 1 aromatic rings. The zero-order valence-electron chi connectivity index (χ0n) is 12.0. The molecule has 1 N–H and O–H groups in total. The number of benzene rings is 1. The van der Waals surface area contributed by atoms with Crippen LogP contribution < -0.4 is 9.47 Å². The van der Waals surface area contributed by atoms with Crippen LogP contribution in [0, 0.1) is 0 Å². The average molecular weight is 292 g/mol. The van der Waals surface area contributed by atoms with E-state index in [9.17, 15) is 4.79 Å². The third-order valence-corrected chi connectivity index (χ3v) is 3.84. The van der Waals surface area contributed by atoms with Crippen LogP contribution in [0.5, 0.6) is 11.5 Å². The number of nitrogens with zero attached hydrogens (tertiary/aromatic N) is 2. The lowest BCUT2D eigenvalue weighted by Crippen LogP contribution is -2.47. The maximum Gasteiger partial charge on any atom is 0.317 e. The molecular weight excluding hydrogens is 272 g/mol. The molecule has 0 unspecified atom stereocenters. The van der Waals surface area contributed by atoms with Gasteiger partial charge in [0.1, 0.15) is 13.2 Å². The van der Waals surface area contributed by atoms with Crippen LogP contribution in [0.2, 0.25) is 0 Å². The molecule has 2 aliphatic heterocycles. The first kappa shape index (κ1) is 14.2. The van der Waals surface area contributed by atoms with Gasteiger partial charge in [-0.1, -0.05) is 6.07 Å². The summed E-state index contributed by atoms with van der Waals surface area (Å²) in [4.78, 5) is 15.0. The number of hydrogen-bond acceptors (Lipinski definition) is 5. The van der Waals surface area contributed by atoms with Gasteiger partial charge in [-0.3, -0.25) is 14.6 Å². The Hall–Kier alpha value is -1.79. The largest absolute Gasteiger partial charge is 0.486 e. The van der Waals surface area contributed by atoms with Gasteiger partial charge >= 0.3 is 5.97 Å². The predicted octanol–water partition coefficient (Wildman–Crippen LogP) is 0.660. The monoisotopic (exact) mass is 292 g/mol. The van der Waals surface area contributed by atoms with Gasteiger partial charge in [0.2, 0.25) is 0 Å². The van der Waals surface area contributed by atoms with Crippen LogP contribution in [-0.4, -0.2) is 66.8 Å². The van der Waals surface area contributed by atoms with Crippen molar-refractivity contribution in [2.24, 2.45) is 0 Å². The van der Waals surface area contributed by atoms with Crippen LogP contribution in [0.4, 0.5) is 0 Å². The zero-order chi connectivity index (χ0) is 14.7. The van der Waals surface area contributed by atoms with Gasteiger partial charge in [0.05, 0.1) is 6.54 Å². The fourth-order valence-electron chi connectivity index (χ4n) is 2.74. The number of ether oxygens (including phenoxy) is 2. The molecular formula is C15H20N2O4. The van der Waals surface area contributed by atoms with Gasteiger partial charge in [-0.05, 0) is 17.7 Å². The Kier molecular flexibility index (Phi) is 4.26. The van der Waals surface area contributed by atoms with Gasteiger partial charge in [-0.15, -0.1) is 0 Å². The van der Waals surface area contributed by atoms with Crippen molar-refractivity contribution in [1.82, 2.24) is 9.80 Å². The van der Waals surface area contributed by atoms with E-state index in [-0.39, 0.29) is 6.54 Å². The van der Waals surface area contributed by atoms with E-state index in [1.165, 1.54) is 5.56 Å². The van der Waals surface area contributed by atoms with Crippen molar-refractivity contribution in [2.75, 3.05) is 45.9 Å². The number of rotatable bonds is 4.